The molecule has 0 amide bonds. The predicted octanol–water partition coefficient (Wildman–Crippen LogP) is 3.25. The van der Waals surface area contributed by atoms with E-state index >= 15 is 0 Å². The fraction of sp³-hybridized carbons (Fsp3) is 0.500. The van der Waals surface area contributed by atoms with Crippen molar-refractivity contribution in [2.75, 3.05) is 13.7 Å². The average Bonchev–Trinajstić information content (AvgIpc) is 2.58. The smallest absolute Gasteiger partial charge is 0.191 e. The Morgan fingerprint density at radius 3 is 2.82 bits per heavy atom. The van der Waals surface area contributed by atoms with Gasteiger partial charge in [-0.05, 0) is 18.9 Å². The Kier molecular flexibility index (Phi) is 6.81. The molecule has 0 bridgehead atoms. The maximum atomic E-state index is 5.68. The van der Waals surface area contributed by atoms with E-state index in [0.29, 0.717) is 19.2 Å². The van der Waals surface area contributed by atoms with Gasteiger partial charge >= 0.3 is 0 Å². The molecule has 1 saturated carbocycles. The van der Waals surface area contributed by atoms with Gasteiger partial charge in [-0.2, -0.15) is 0 Å². The summed E-state index contributed by atoms with van der Waals surface area (Å²) in [7, 11) is 1.82. The summed E-state index contributed by atoms with van der Waals surface area (Å²) in [5.74, 6) is 1.76. The van der Waals surface area contributed by atoms with Gasteiger partial charge in [0.25, 0.3) is 0 Å². The van der Waals surface area contributed by atoms with Crippen molar-refractivity contribution in [3.8, 4) is 5.75 Å². The van der Waals surface area contributed by atoms with Gasteiger partial charge in [0.05, 0.1) is 0 Å². The largest absolute Gasteiger partial charge is 0.489 e. The Morgan fingerprint density at radius 1 is 1.32 bits per heavy atom. The molecule has 0 unspecified atom stereocenters. The van der Waals surface area contributed by atoms with Crippen molar-refractivity contribution >= 4 is 5.96 Å². The number of nitrogens with one attached hydrogen (secondary N) is 2. The van der Waals surface area contributed by atoms with E-state index in [2.05, 4.69) is 28.3 Å². The lowest BCUT2D eigenvalue weighted by molar-refractivity contribution is 0.358. The zero-order valence-electron chi connectivity index (χ0n) is 13.5. The van der Waals surface area contributed by atoms with Crippen LogP contribution in [-0.4, -0.2) is 25.7 Å². The number of para-hydroxylation sites is 1. The quantitative estimate of drug-likeness (QED) is 0.482. The van der Waals surface area contributed by atoms with E-state index in [1.165, 1.54) is 32.1 Å². The Labute approximate surface area is 133 Å². The van der Waals surface area contributed by atoms with Gasteiger partial charge in [0, 0.05) is 25.2 Å². The molecular weight excluding hydrogens is 274 g/mol. The molecule has 0 radical (unpaired) electrons. The van der Waals surface area contributed by atoms with Crippen LogP contribution in [0.1, 0.15) is 37.7 Å². The molecule has 2 N–H and O–H groups in total. The normalized spacial score (nSPS) is 16.1. The standard InChI is InChI=1S/C18H27N3O/c1-3-13-22-17-12-8-7-9-15(17)14-20-18(19-2)21-16-10-5-4-6-11-16/h3,7-9,12,16H,1,4-6,10-11,13-14H2,2H3,(H2,19,20,21). The Bertz CT molecular complexity index is 493. The second-order valence-electron chi connectivity index (χ2n) is 5.61. The summed E-state index contributed by atoms with van der Waals surface area (Å²) in [6.45, 7) is 4.90. The van der Waals surface area contributed by atoms with Crippen LogP contribution >= 0.6 is 0 Å². The molecule has 1 aromatic carbocycles. The summed E-state index contributed by atoms with van der Waals surface area (Å²) in [4.78, 5) is 4.33. The second kappa shape index (κ2) is 9.13. The van der Waals surface area contributed by atoms with Crippen LogP contribution in [0, 0.1) is 0 Å². The van der Waals surface area contributed by atoms with E-state index < -0.39 is 0 Å². The van der Waals surface area contributed by atoms with Gasteiger partial charge in [0.15, 0.2) is 5.96 Å². The van der Waals surface area contributed by atoms with Gasteiger partial charge < -0.3 is 15.4 Å². The monoisotopic (exact) mass is 301 g/mol. The molecule has 0 saturated heterocycles. The topological polar surface area (TPSA) is 45.6 Å². The van der Waals surface area contributed by atoms with Crippen molar-refractivity contribution in [1.82, 2.24) is 10.6 Å². The fourth-order valence-electron chi connectivity index (χ4n) is 2.75. The fourth-order valence-corrected chi connectivity index (χ4v) is 2.75. The molecule has 4 heteroatoms. The highest BCUT2D eigenvalue weighted by molar-refractivity contribution is 5.80. The summed E-state index contributed by atoms with van der Waals surface area (Å²) < 4.78 is 5.68. The molecule has 1 aliphatic rings. The summed E-state index contributed by atoms with van der Waals surface area (Å²) in [5.41, 5.74) is 1.12. The van der Waals surface area contributed by atoms with E-state index in [-0.39, 0.29) is 0 Å². The molecule has 0 aromatic heterocycles. The van der Waals surface area contributed by atoms with Gasteiger partial charge in [-0.15, -0.1) is 0 Å². The first-order valence-electron chi connectivity index (χ1n) is 8.12. The minimum atomic E-state index is 0.520. The Morgan fingerprint density at radius 2 is 2.09 bits per heavy atom. The van der Waals surface area contributed by atoms with Gasteiger partial charge in [-0.25, -0.2) is 0 Å². The summed E-state index contributed by atoms with van der Waals surface area (Å²) in [6, 6.07) is 8.61. The number of guanidine groups is 1. The predicted molar refractivity (Wildman–Crippen MR) is 92.3 cm³/mol. The maximum Gasteiger partial charge on any atom is 0.191 e. The van der Waals surface area contributed by atoms with Crippen LogP contribution in [0.5, 0.6) is 5.75 Å². The minimum Gasteiger partial charge on any atom is -0.489 e. The molecule has 0 heterocycles. The van der Waals surface area contributed by atoms with Crippen LogP contribution in [0.25, 0.3) is 0 Å². The lowest BCUT2D eigenvalue weighted by atomic mass is 9.96. The zero-order chi connectivity index (χ0) is 15.6. The number of hydrogen-bond donors (Lipinski definition) is 2. The first-order chi connectivity index (χ1) is 10.8. The SMILES string of the molecule is C=CCOc1ccccc1CNC(=NC)NC1CCCCC1. The van der Waals surface area contributed by atoms with E-state index in [4.69, 9.17) is 4.74 Å². The third-order valence-electron chi connectivity index (χ3n) is 3.95. The van der Waals surface area contributed by atoms with Crippen molar-refractivity contribution in [3.05, 3.63) is 42.5 Å². The summed E-state index contributed by atoms with van der Waals surface area (Å²) in [5, 5.41) is 6.90. The van der Waals surface area contributed by atoms with Crippen LogP contribution < -0.4 is 15.4 Å². The molecule has 1 aromatic rings. The van der Waals surface area contributed by atoms with Crippen molar-refractivity contribution in [1.29, 1.82) is 0 Å². The van der Waals surface area contributed by atoms with Gasteiger partial charge in [-0.1, -0.05) is 50.1 Å². The number of aliphatic imine (C=N–C) groups is 1. The zero-order valence-corrected chi connectivity index (χ0v) is 13.5. The highest BCUT2D eigenvalue weighted by atomic mass is 16.5. The number of hydrogen-bond acceptors (Lipinski definition) is 2. The van der Waals surface area contributed by atoms with Crippen LogP contribution in [0.4, 0.5) is 0 Å². The molecule has 22 heavy (non-hydrogen) atoms. The highest BCUT2D eigenvalue weighted by Gasteiger charge is 2.14. The van der Waals surface area contributed by atoms with Crippen LogP contribution in [-0.2, 0) is 6.54 Å². The first kappa shape index (κ1) is 16.4. The third-order valence-corrected chi connectivity index (χ3v) is 3.95. The third kappa shape index (κ3) is 5.10. The Hall–Kier alpha value is -1.97. The van der Waals surface area contributed by atoms with Crippen LogP contribution in [0.2, 0.25) is 0 Å². The number of rotatable bonds is 6. The maximum absolute atomic E-state index is 5.68. The number of nitrogens with zero attached hydrogens (tertiary/aromatic N) is 1. The molecular formula is C18H27N3O. The molecule has 120 valence electrons. The molecule has 2 rings (SSSR count). The number of benzene rings is 1. The molecule has 0 aliphatic heterocycles. The Balaban J connectivity index is 1.88. The lowest BCUT2D eigenvalue weighted by Crippen LogP contribution is -2.43. The number of ether oxygens (including phenoxy) is 1. The van der Waals surface area contributed by atoms with Crippen LogP contribution in [0.15, 0.2) is 41.9 Å². The van der Waals surface area contributed by atoms with Gasteiger partial charge in [0.1, 0.15) is 12.4 Å². The van der Waals surface area contributed by atoms with Gasteiger partial charge in [-0.3, -0.25) is 4.99 Å². The van der Waals surface area contributed by atoms with Crippen molar-refractivity contribution in [2.45, 2.75) is 44.7 Å². The van der Waals surface area contributed by atoms with Crippen molar-refractivity contribution < 1.29 is 4.74 Å². The molecule has 0 atom stereocenters. The highest BCUT2D eigenvalue weighted by Crippen LogP contribution is 2.18. The molecule has 1 fully saturated rings. The summed E-state index contributed by atoms with van der Waals surface area (Å²) in [6.07, 6.45) is 8.21. The first-order valence-corrected chi connectivity index (χ1v) is 8.12. The molecule has 0 spiro atoms. The van der Waals surface area contributed by atoms with E-state index in [1.54, 1.807) is 6.08 Å². The second-order valence-corrected chi connectivity index (χ2v) is 5.61. The van der Waals surface area contributed by atoms with Crippen molar-refractivity contribution in [3.63, 3.8) is 0 Å². The van der Waals surface area contributed by atoms with Crippen LogP contribution in [0.3, 0.4) is 0 Å². The van der Waals surface area contributed by atoms with Gasteiger partial charge in [0.2, 0.25) is 0 Å². The lowest BCUT2D eigenvalue weighted by Gasteiger charge is -2.25. The minimum absolute atomic E-state index is 0.520. The van der Waals surface area contributed by atoms with Crippen molar-refractivity contribution in [2.24, 2.45) is 4.99 Å². The van der Waals surface area contributed by atoms with E-state index in [1.807, 2.05) is 25.2 Å². The molecule has 1 aliphatic carbocycles. The van der Waals surface area contributed by atoms with E-state index in [9.17, 15) is 0 Å². The molecule has 4 nitrogen and oxygen atoms in total. The average molecular weight is 301 g/mol. The summed E-state index contributed by atoms with van der Waals surface area (Å²) >= 11 is 0. The van der Waals surface area contributed by atoms with E-state index in [0.717, 1.165) is 17.3 Å².